The van der Waals surface area contributed by atoms with Gasteiger partial charge in [0, 0.05) is 26.1 Å². The average Bonchev–Trinajstić information content (AvgIpc) is 3.02. The summed E-state index contributed by atoms with van der Waals surface area (Å²) >= 11 is 0. The number of aromatic nitrogens is 3. The number of nitrogens with zero attached hydrogens (tertiary/aromatic N) is 4. The first-order chi connectivity index (χ1) is 10.2. The first-order valence-electron chi connectivity index (χ1n) is 7.20. The smallest absolute Gasteiger partial charge is 0.219 e. The second-order valence-corrected chi connectivity index (χ2v) is 5.28. The maximum Gasteiger partial charge on any atom is 0.219 e. The molecule has 0 aliphatic carbocycles. The van der Waals surface area contributed by atoms with Gasteiger partial charge < -0.3 is 10.2 Å². The molecule has 0 bridgehead atoms. The summed E-state index contributed by atoms with van der Waals surface area (Å²) in [4.78, 5) is 17.3. The molecule has 1 aliphatic heterocycles. The van der Waals surface area contributed by atoms with Gasteiger partial charge in [0.2, 0.25) is 5.91 Å². The molecule has 1 aliphatic rings. The first kappa shape index (κ1) is 13.6. The molecule has 1 N–H and O–H groups in total. The maximum absolute atomic E-state index is 11.4. The number of amides is 1. The molecule has 2 aromatic rings. The minimum absolute atomic E-state index is 0.163. The molecule has 2 heterocycles. The van der Waals surface area contributed by atoms with Gasteiger partial charge in [-0.2, -0.15) is 5.10 Å². The fourth-order valence-corrected chi connectivity index (χ4v) is 2.69. The van der Waals surface area contributed by atoms with Crippen LogP contribution >= 0.6 is 0 Å². The molecule has 3 rings (SSSR count). The third-order valence-corrected chi connectivity index (χ3v) is 3.87. The number of hydrogen-bond acceptors (Lipinski definition) is 4. The van der Waals surface area contributed by atoms with Crippen molar-refractivity contribution in [2.45, 2.75) is 25.8 Å². The van der Waals surface area contributed by atoms with Crippen LogP contribution in [0, 0.1) is 0 Å². The molecule has 21 heavy (non-hydrogen) atoms. The Hall–Kier alpha value is -2.37. The molecule has 0 unspecified atom stereocenters. The van der Waals surface area contributed by atoms with Gasteiger partial charge in [0.15, 0.2) is 0 Å². The van der Waals surface area contributed by atoms with E-state index in [9.17, 15) is 4.79 Å². The van der Waals surface area contributed by atoms with Crippen molar-refractivity contribution >= 4 is 11.6 Å². The fourth-order valence-electron chi connectivity index (χ4n) is 2.69. The number of nitrogens with one attached hydrogen (secondary N) is 1. The molecule has 110 valence electrons. The number of piperidine rings is 1. The topological polar surface area (TPSA) is 63.1 Å². The summed E-state index contributed by atoms with van der Waals surface area (Å²) in [5, 5.41) is 7.76. The summed E-state index contributed by atoms with van der Waals surface area (Å²) in [6.45, 7) is 3.27. The van der Waals surface area contributed by atoms with Crippen LogP contribution in [0.25, 0.3) is 5.69 Å². The third kappa shape index (κ3) is 3.04. The van der Waals surface area contributed by atoms with Crippen molar-refractivity contribution < 1.29 is 4.79 Å². The van der Waals surface area contributed by atoms with Crippen LogP contribution in [0.5, 0.6) is 0 Å². The highest BCUT2D eigenvalue weighted by Gasteiger charge is 2.21. The van der Waals surface area contributed by atoms with E-state index in [0.29, 0.717) is 6.04 Å². The molecule has 6 heteroatoms. The van der Waals surface area contributed by atoms with Crippen molar-refractivity contribution in [3.05, 3.63) is 36.9 Å². The van der Waals surface area contributed by atoms with Crippen LogP contribution in [0.1, 0.15) is 19.8 Å². The second-order valence-electron chi connectivity index (χ2n) is 5.28. The van der Waals surface area contributed by atoms with Crippen molar-refractivity contribution in [2.24, 2.45) is 0 Å². The van der Waals surface area contributed by atoms with E-state index >= 15 is 0 Å². The lowest BCUT2D eigenvalue weighted by molar-refractivity contribution is -0.129. The van der Waals surface area contributed by atoms with Crippen LogP contribution in [0.4, 0.5) is 5.69 Å². The van der Waals surface area contributed by atoms with E-state index in [2.05, 4.69) is 15.4 Å². The zero-order valence-electron chi connectivity index (χ0n) is 12.1. The third-order valence-electron chi connectivity index (χ3n) is 3.87. The van der Waals surface area contributed by atoms with Gasteiger partial charge in [0.1, 0.15) is 12.7 Å². The van der Waals surface area contributed by atoms with Crippen molar-refractivity contribution in [1.29, 1.82) is 0 Å². The number of likely N-dealkylation sites (tertiary alicyclic amines) is 1. The number of benzene rings is 1. The lowest BCUT2D eigenvalue weighted by Crippen LogP contribution is -2.41. The van der Waals surface area contributed by atoms with Crippen LogP contribution in [-0.4, -0.2) is 44.7 Å². The molecule has 1 fully saturated rings. The molecule has 6 nitrogen and oxygen atoms in total. The van der Waals surface area contributed by atoms with E-state index in [1.54, 1.807) is 17.9 Å². The number of rotatable bonds is 3. The normalized spacial score (nSPS) is 16.0. The van der Waals surface area contributed by atoms with Gasteiger partial charge in [-0.3, -0.25) is 4.79 Å². The molecular weight excluding hydrogens is 266 g/mol. The highest BCUT2D eigenvalue weighted by molar-refractivity contribution is 5.73. The van der Waals surface area contributed by atoms with Crippen LogP contribution in [-0.2, 0) is 4.79 Å². The molecule has 1 aromatic carbocycles. The predicted octanol–water partition coefficient (Wildman–Crippen LogP) is 1.69. The summed E-state index contributed by atoms with van der Waals surface area (Å²) in [6, 6.07) is 8.44. The van der Waals surface area contributed by atoms with Crippen LogP contribution in [0.2, 0.25) is 0 Å². The van der Waals surface area contributed by atoms with Crippen LogP contribution in [0.3, 0.4) is 0 Å². The zero-order valence-corrected chi connectivity index (χ0v) is 12.1. The Balaban J connectivity index is 1.70. The molecular formula is C15H19N5O. The van der Waals surface area contributed by atoms with Gasteiger partial charge in [-0.25, -0.2) is 9.67 Å². The number of anilines is 1. The first-order valence-corrected chi connectivity index (χ1v) is 7.20. The number of para-hydroxylation sites is 2. The SMILES string of the molecule is CC(=O)N1CCC(Nc2ccccc2-n2cncn2)CC1. The number of carbonyl (C=O) groups excluding carboxylic acids is 1. The lowest BCUT2D eigenvalue weighted by atomic mass is 10.0. The minimum Gasteiger partial charge on any atom is -0.380 e. The largest absolute Gasteiger partial charge is 0.380 e. The van der Waals surface area contributed by atoms with Gasteiger partial charge in [-0.15, -0.1) is 0 Å². The van der Waals surface area contributed by atoms with Gasteiger partial charge >= 0.3 is 0 Å². The molecule has 0 spiro atoms. The van der Waals surface area contributed by atoms with E-state index in [0.717, 1.165) is 37.3 Å². The lowest BCUT2D eigenvalue weighted by Gasteiger charge is -2.32. The molecule has 0 atom stereocenters. The Kier molecular flexibility index (Phi) is 3.85. The molecule has 0 radical (unpaired) electrons. The van der Waals surface area contributed by atoms with E-state index in [1.165, 1.54) is 6.33 Å². The maximum atomic E-state index is 11.4. The van der Waals surface area contributed by atoms with E-state index < -0.39 is 0 Å². The Morgan fingerprint density at radius 1 is 1.29 bits per heavy atom. The predicted molar refractivity (Wildman–Crippen MR) is 80.3 cm³/mol. The van der Waals surface area contributed by atoms with Gasteiger partial charge in [0.05, 0.1) is 11.4 Å². The van der Waals surface area contributed by atoms with Gasteiger partial charge in [-0.1, -0.05) is 12.1 Å². The van der Waals surface area contributed by atoms with E-state index in [4.69, 9.17) is 0 Å². The molecule has 1 saturated heterocycles. The summed E-state index contributed by atoms with van der Waals surface area (Å²) in [7, 11) is 0. The van der Waals surface area contributed by atoms with Crippen molar-refractivity contribution in [3.8, 4) is 5.69 Å². The average molecular weight is 285 g/mol. The highest BCUT2D eigenvalue weighted by atomic mass is 16.2. The monoisotopic (exact) mass is 285 g/mol. The van der Waals surface area contributed by atoms with Gasteiger partial charge in [-0.05, 0) is 25.0 Å². The number of carbonyl (C=O) groups is 1. The summed E-state index contributed by atoms with van der Waals surface area (Å²) in [5.74, 6) is 0.163. The van der Waals surface area contributed by atoms with Crippen molar-refractivity contribution in [2.75, 3.05) is 18.4 Å². The minimum atomic E-state index is 0.163. The fraction of sp³-hybridized carbons (Fsp3) is 0.400. The Morgan fingerprint density at radius 2 is 2.05 bits per heavy atom. The Labute approximate surface area is 123 Å². The van der Waals surface area contributed by atoms with Crippen LogP contribution < -0.4 is 5.32 Å². The Morgan fingerprint density at radius 3 is 2.71 bits per heavy atom. The number of hydrogen-bond donors (Lipinski definition) is 1. The van der Waals surface area contributed by atoms with E-state index in [1.807, 2.05) is 29.2 Å². The Bertz CT molecular complexity index is 602. The molecule has 1 aromatic heterocycles. The van der Waals surface area contributed by atoms with Gasteiger partial charge in [0.25, 0.3) is 0 Å². The van der Waals surface area contributed by atoms with Crippen LogP contribution in [0.15, 0.2) is 36.9 Å². The second kappa shape index (κ2) is 5.95. The van der Waals surface area contributed by atoms with Crippen molar-refractivity contribution in [3.63, 3.8) is 0 Å². The summed E-state index contributed by atoms with van der Waals surface area (Å²) < 4.78 is 1.76. The molecule has 1 amide bonds. The zero-order chi connectivity index (χ0) is 14.7. The standard InChI is InChI=1S/C15H19N5O/c1-12(21)19-8-6-13(7-9-19)18-14-4-2-3-5-15(14)20-11-16-10-17-20/h2-5,10-11,13,18H,6-9H2,1H3. The molecule has 0 saturated carbocycles. The summed E-state index contributed by atoms with van der Waals surface area (Å²) in [6.07, 6.45) is 5.15. The quantitative estimate of drug-likeness (QED) is 0.932. The van der Waals surface area contributed by atoms with E-state index in [-0.39, 0.29) is 5.91 Å². The summed E-state index contributed by atoms with van der Waals surface area (Å²) in [5.41, 5.74) is 2.04. The van der Waals surface area contributed by atoms with Crippen molar-refractivity contribution in [1.82, 2.24) is 19.7 Å². The highest BCUT2D eigenvalue weighted by Crippen LogP contribution is 2.22.